The number of furan rings is 2. The van der Waals surface area contributed by atoms with E-state index in [1.54, 1.807) is 54.6 Å². The normalized spacial score (nSPS) is 19.5. The van der Waals surface area contributed by atoms with Crippen molar-refractivity contribution in [3.05, 3.63) is 128 Å². The van der Waals surface area contributed by atoms with Crippen LogP contribution in [0.3, 0.4) is 0 Å². The highest BCUT2D eigenvalue weighted by molar-refractivity contribution is 6.32. The number of Topliss-reactive ketones (excluding diaryl/α,β-unsaturated/α-hetero) is 2. The Morgan fingerprint density at radius 3 is 1.67 bits per heavy atom. The monoisotopic (exact) mass is 1100 g/mol. The van der Waals surface area contributed by atoms with Gasteiger partial charge >= 0.3 is 12.1 Å². The van der Waals surface area contributed by atoms with Crippen LogP contribution in [0.4, 0.5) is 22.0 Å². The van der Waals surface area contributed by atoms with Crippen LogP contribution in [-0.2, 0) is 9.53 Å². The molecule has 73 heavy (non-hydrogen) atoms. The molecule has 2 saturated carbocycles. The van der Waals surface area contributed by atoms with E-state index >= 15 is 0 Å². The van der Waals surface area contributed by atoms with Gasteiger partial charge in [-0.05, 0) is 136 Å². The number of nitrogens with one attached hydrogen (secondary N) is 1. The number of aliphatic carboxylic acids is 1. The number of hydrogen-bond donors (Lipinski definition) is 4. The number of carboxylic acids is 1. The molecular formula is C52H53Cl4F5N2O10. The van der Waals surface area contributed by atoms with Gasteiger partial charge in [0.15, 0.2) is 23.1 Å². The number of carboxylic acid groups (broad SMARTS) is 1. The molecule has 0 radical (unpaired) electrons. The number of carbonyl (C=O) groups is 3. The predicted octanol–water partition coefficient (Wildman–Crippen LogP) is 13.1. The van der Waals surface area contributed by atoms with Crippen LogP contribution in [0.5, 0.6) is 11.5 Å². The van der Waals surface area contributed by atoms with E-state index in [9.17, 15) is 36.6 Å². The fraction of sp³-hybridized carbons (Fsp3) is 0.404. The molecule has 9 rings (SSSR count). The van der Waals surface area contributed by atoms with Gasteiger partial charge in [0.1, 0.15) is 59.7 Å². The zero-order valence-corrected chi connectivity index (χ0v) is 42.1. The second kappa shape index (κ2) is 27.0. The molecule has 12 nitrogen and oxygen atoms in total. The van der Waals surface area contributed by atoms with Gasteiger partial charge in [0.25, 0.3) is 0 Å². The van der Waals surface area contributed by atoms with Gasteiger partial charge in [-0.1, -0.05) is 46.4 Å². The molecule has 3 fully saturated rings. The van der Waals surface area contributed by atoms with Gasteiger partial charge < -0.3 is 44.3 Å². The van der Waals surface area contributed by atoms with Gasteiger partial charge in [0.05, 0.1) is 16.7 Å². The first-order chi connectivity index (χ1) is 34.7. The predicted molar refractivity (Wildman–Crippen MR) is 267 cm³/mol. The lowest BCUT2D eigenvalue weighted by Crippen LogP contribution is -2.36. The third-order valence-corrected chi connectivity index (χ3v) is 13.2. The maximum absolute atomic E-state index is 13.4. The van der Waals surface area contributed by atoms with Crippen LogP contribution in [0.2, 0.25) is 20.1 Å². The molecule has 1 aliphatic heterocycles. The smallest absolute Gasteiger partial charge is 0.490 e. The molecule has 0 spiro atoms. The Morgan fingerprint density at radius 2 is 1.21 bits per heavy atom. The molecule has 0 bridgehead atoms. The minimum Gasteiger partial charge on any atom is -0.491 e. The Labute approximate surface area is 437 Å². The Morgan fingerprint density at radius 1 is 0.712 bits per heavy atom. The van der Waals surface area contributed by atoms with E-state index in [1.165, 1.54) is 24.3 Å². The molecule has 394 valence electrons. The second-order valence-corrected chi connectivity index (χ2v) is 19.6. The summed E-state index contributed by atoms with van der Waals surface area (Å²) in [6, 6.07) is 23.4. The van der Waals surface area contributed by atoms with E-state index in [0.717, 1.165) is 68.7 Å². The Kier molecular flexibility index (Phi) is 21.2. The van der Waals surface area contributed by atoms with E-state index < -0.39 is 29.9 Å². The van der Waals surface area contributed by atoms with Gasteiger partial charge in [-0.15, -0.1) is 0 Å². The third kappa shape index (κ3) is 18.7. The summed E-state index contributed by atoms with van der Waals surface area (Å²) in [5.74, 6) is -1.03. The number of aliphatic hydroxyl groups is 1. The van der Waals surface area contributed by atoms with E-state index in [-0.39, 0.29) is 34.3 Å². The van der Waals surface area contributed by atoms with E-state index in [0.29, 0.717) is 94.1 Å². The summed E-state index contributed by atoms with van der Waals surface area (Å²) in [6.07, 6.45) is 3.34. The number of nitrogens with two attached hydrogens (primary N) is 1. The van der Waals surface area contributed by atoms with Crippen molar-refractivity contribution in [1.82, 2.24) is 5.32 Å². The summed E-state index contributed by atoms with van der Waals surface area (Å²) >= 11 is 23.1. The maximum atomic E-state index is 13.4. The Hall–Kier alpha value is -4.98. The van der Waals surface area contributed by atoms with Crippen LogP contribution in [0, 0.1) is 23.5 Å². The van der Waals surface area contributed by atoms with Crippen LogP contribution in [0.1, 0.15) is 85.3 Å². The third-order valence-electron chi connectivity index (χ3n) is 12.1. The largest absolute Gasteiger partial charge is 0.491 e. The second-order valence-electron chi connectivity index (χ2n) is 17.9. The van der Waals surface area contributed by atoms with Gasteiger partial charge in [0.2, 0.25) is 0 Å². The molecule has 0 amide bonds. The molecule has 3 aliphatic rings. The topological polar surface area (TPSA) is 187 Å². The molecule has 5 N–H and O–H groups in total. The number of ketones is 2. The lowest BCUT2D eigenvalue weighted by molar-refractivity contribution is -0.192. The Bertz CT molecular complexity index is 2810. The van der Waals surface area contributed by atoms with Gasteiger partial charge in [-0.2, -0.15) is 13.2 Å². The SMILES string of the molecule is Fc1cc(OCC2CO2)ccc1Cl.NC1CCC(CCC(=O)c2cc3cc(Cl)ccc3o2)C1.O=C(CCC1CCC(NCC(O)COc2ccc(Cl)c(F)c2)C1)c1cc2cc(Cl)ccc2o1.O=C(O)C(F)(F)F. The van der Waals surface area contributed by atoms with Gasteiger partial charge in [0, 0.05) is 64.4 Å². The number of benzene rings is 4. The molecule has 21 heteroatoms. The number of epoxide rings is 1. The van der Waals surface area contributed by atoms with Crippen LogP contribution in [0.15, 0.2) is 93.8 Å². The summed E-state index contributed by atoms with van der Waals surface area (Å²) in [5, 5.41) is 23.8. The fourth-order valence-corrected chi connectivity index (χ4v) is 8.76. The van der Waals surface area contributed by atoms with Crippen molar-refractivity contribution in [3.63, 3.8) is 0 Å². The standard InChI is InChI=1S/C25H26Cl2FNO4.C16H18ClNO2.C9H8ClFO2.C2HF3O2/c26-17-3-8-24-16(10-17)11-25(33-24)23(31)7-2-15-1-4-18(9-15)29-13-19(30)14-32-20-5-6-21(27)22(28)12-20;17-12-3-6-15-11(8-12)9-16(20-15)14(19)5-2-10-1-4-13(18)7-10;10-8-2-1-6(3-9(8)11)12-4-7-5-13-7;3-2(4,5)1(6)7/h3,5-6,8,10-12,15,18-19,29-30H,1-2,4,7,9,13-14H2;3,6,8-10,13H,1-2,4-5,7,18H2;1-3,7H,4-5H2;(H,6,7). The quantitative estimate of drug-likeness (QED) is 0.0385. The number of ether oxygens (including phenoxy) is 3. The lowest BCUT2D eigenvalue weighted by Gasteiger charge is -2.17. The van der Waals surface area contributed by atoms with Gasteiger partial charge in [-0.25, -0.2) is 13.6 Å². The van der Waals surface area contributed by atoms with Crippen molar-refractivity contribution in [1.29, 1.82) is 0 Å². The molecular weight excluding hydrogens is 1050 g/mol. The number of fused-ring (bicyclic) bond motifs is 2. The molecule has 6 atom stereocenters. The van der Waals surface area contributed by atoms with Crippen molar-refractivity contribution in [2.75, 3.05) is 26.4 Å². The summed E-state index contributed by atoms with van der Waals surface area (Å²) < 4.78 is 84.9. The minimum atomic E-state index is -5.08. The molecule has 6 aromatic rings. The zero-order chi connectivity index (χ0) is 52.8. The zero-order valence-electron chi connectivity index (χ0n) is 39.1. The average Bonchev–Trinajstić information content (AvgIpc) is 3.66. The summed E-state index contributed by atoms with van der Waals surface area (Å²) in [4.78, 5) is 33.6. The highest BCUT2D eigenvalue weighted by atomic mass is 35.5. The lowest BCUT2D eigenvalue weighted by atomic mass is 9.99. The van der Waals surface area contributed by atoms with Crippen molar-refractivity contribution >= 4 is 85.9 Å². The highest BCUT2D eigenvalue weighted by Crippen LogP contribution is 2.32. The highest BCUT2D eigenvalue weighted by Gasteiger charge is 2.38. The number of aliphatic hydroxyl groups excluding tert-OH is 1. The summed E-state index contributed by atoms with van der Waals surface area (Å²) in [6.45, 7) is 1.65. The van der Waals surface area contributed by atoms with Crippen molar-refractivity contribution in [2.24, 2.45) is 17.6 Å². The summed E-state index contributed by atoms with van der Waals surface area (Å²) in [7, 11) is 0. The first kappa shape index (κ1) is 57.3. The van der Waals surface area contributed by atoms with Crippen LogP contribution >= 0.6 is 46.4 Å². The molecule has 3 heterocycles. The maximum Gasteiger partial charge on any atom is 0.490 e. The van der Waals surface area contributed by atoms with E-state index in [1.807, 2.05) is 6.07 Å². The van der Waals surface area contributed by atoms with Crippen molar-refractivity contribution < 1.29 is 69.6 Å². The molecule has 6 unspecified atom stereocenters. The van der Waals surface area contributed by atoms with Crippen molar-refractivity contribution in [3.8, 4) is 11.5 Å². The number of rotatable bonds is 17. The minimum absolute atomic E-state index is 0.00457. The van der Waals surface area contributed by atoms with Crippen LogP contribution in [-0.4, -0.2) is 84.6 Å². The average molecular weight is 1100 g/mol. The first-order valence-corrected chi connectivity index (χ1v) is 24.9. The Balaban J connectivity index is 0.000000183. The fourth-order valence-electron chi connectivity index (χ4n) is 8.16. The van der Waals surface area contributed by atoms with E-state index in [4.69, 9.17) is 85.1 Å². The van der Waals surface area contributed by atoms with Gasteiger partial charge in [-0.3, -0.25) is 9.59 Å². The molecule has 4 aromatic carbocycles. The number of alkyl halides is 3. The summed E-state index contributed by atoms with van der Waals surface area (Å²) in [5.41, 5.74) is 7.26. The van der Waals surface area contributed by atoms with Crippen LogP contribution in [0.25, 0.3) is 21.9 Å². The molecule has 2 aromatic heterocycles. The van der Waals surface area contributed by atoms with Crippen LogP contribution < -0.4 is 20.5 Å². The molecule has 1 saturated heterocycles. The van der Waals surface area contributed by atoms with E-state index in [2.05, 4.69) is 5.32 Å². The number of carbonyl (C=O) groups excluding carboxylic acids is 2. The first-order valence-electron chi connectivity index (χ1n) is 23.4. The number of halogens is 9. The van der Waals surface area contributed by atoms with Crippen molar-refractivity contribution in [2.45, 2.75) is 94.7 Å². The number of hydrogen-bond acceptors (Lipinski definition) is 11. The molecule has 2 aliphatic carbocycles.